The lowest BCUT2D eigenvalue weighted by Gasteiger charge is -2.24. The first kappa shape index (κ1) is 53.9. The van der Waals surface area contributed by atoms with Crippen molar-refractivity contribution in [3.05, 3.63) is 0 Å². The highest BCUT2D eigenvalue weighted by Gasteiger charge is 2.24. The van der Waals surface area contributed by atoms with Crippen molar-refractivity contribution in [1.82, 2.24) is 5.32 Å². The van der Waals surface area contributed by atoms with Crippen molar-refractivity contribution in [3.63, 3.8) is 0 Å². The van der Waals surface area contributed by atoms with Crippen molar-refractivity contribution in [1.29, 1.82) is 0 Å². The minimum absolute atomic E-state index is 0.0872. The molecule has 0 saturated heterocycles. The molecule has 0 aliphatic carbocycles. The molecule has 0 radical (unpaired) electrons. The molecule has 0 aromatic carbocycles. The molecule has 328 valence electrons. The monoisotopic (exact) mass is 780 g/mol. The van der Waals surface area contributed by atoms with Crippen LogP contribution in [-0.2, 0) is 14.3 Å². The van der Waals surface area contributed by atoms with Crippen molar-refractivity contribution in [2.75, 3.05) is 6.61 Å². The molecule has 0 spiro atoms. The van der Waals surface area contributed by atoms with Crippen LogP contribution in [0, 0.1) is 0 Å². The molecule has 0 aromatic rings. The van der Waals surface area contributed by atoms with Crippen molar-refractivity contribution < 1.29 is 24.5 Å². The van der Waals surface area contributed by atoms with E-state index in [1.807, 2.05) is 0 Å². The number of amides is 1. The van der Waals surface area contributed by atoms with Crippen LogP contribution in [0.2, 0.25) is 0 Å². The zero-order valence-corrected chi connectivity index (χ0v) is 37.3. The molecule has 0 rings (SSSR count). The van der Waals surface area contributed by atoms with E-state index in [1.165, 1.54) is 193 Å². The molecule has 1 amide bonds. The summed E-state index contributed by atoms with van der Waals surface area (Å²) in [5, 5.41) is 23.6. The molecule has 0 bridgehead atoms. The van der Waals surface area contributed by atoms with E-state index in [0.29, 0.717) is 19.3 Å². The number of hydrogen-bond acceptors (Lipinski definition) is 5. The smallest absolute Gasteiger partial charge is 0.306 e. The molecule has 0 saturated carbocycles. The van der Waals surface area contributed by atoms with Crippen LogP contribution >= 0.6 is 0 Å². The van der Waals surface area contributed by atoms with Crippen LogP contribution in [0.4, 0.5) is 0 Å². The Hall–Kier alpha value is -1.14. The van der Waals surface area contributed by atoms with E-state index in [2.05, 4.69) is 26.1 Å². The Morgan fingerprint density at radius 2 is 0.764 bits per heavy atom. The highest BCUT2D eigenvalue weighted by molar-refractivity contribution is 5.77. The molecule has 6 heteroatoms. The van der Waals surface area contributed by atoms with E-state index in [9.17, 15) is 19.8 Å². The summed E-state index contributed by atoms with van der Waals surface area (Å²) in [6, 6.07) is -0.690. The Morgan fingerprint density at radius 1 is 0.455 bits per heavy atom. The fourth-order valence-electron chi connectivity index (χ4n) is 7.90. The summed E-state index contributed by atoms with van der Waals surface area (Å²) < 4.78 is 5.92. The quantitative estimate of drug-likeness (QED) is 0.0422. The second-order valence-electron chi connectivity index (χ2n) is 17.2. The minimum Gasteiger partial charge on any atom is -0.462 e. The van der Waals surface area contributed by atoms with Gasteiger partial charge < -0.3 is 20.3 Å². The van der Waals surface area contributed by atoms with E-state index in [0.717, 1.165) is 38.5 Å². The zero-order chi connectivity index (χ0) is 40.3. The average Bonchev–Trinajstić information content (AvgIpc) is 3.18. The van der Waals surface area contributed by atoms with Gasteiger partial charge in [-0.25, -0.2) is 0 Å². The van der Waals surface area contributed by atoms with Gasteiger partial charge in [0.2, 0.25) is 5.91 Å². The maximum atomic E-state index is 13.1. The molecular formula is C49H97NO5. The van der Waals surface area contributed by atoms with Gasteiger partial charge in [0.05, 0.1) is 25.2 Å². The van der Waals surface area contributed by atoms with Crippen LogP contribution < -0.4 is 5.32 Å². The third kappa shape index (κ3) is 39.5. The molecule has 55 heavy (non-hydrogen) atoms. The van der Waals surface area contributed by atoms with Crippen molar-refractivity contribution in [2.24, 2.45) is 0 Å². The van der Waals surface area contributed by atoms with Gasteiger partial charge in [-0.3, -0.25) is 9.59 Å². The van der Waals surface area contributed by atoms with Gasteiger partial charge in [0, 0.05) is 6.42 Å². The lowest BCUT2D eigenvalue weighted by atomic mass is 10.0. The minimum atomic E-state index is -0.777. The number of carbonyl (C=O) groups is 2. The Morgan fingerprint density at radius 3 is 1.11 bits per heavy atom. The highest BCUT2D eigenvalue weighted by atomic mass is 16.5. The van der Waals surface area contributed by atoms with Crippen LogP contribution in [0.3, 0.4) is 0 Å². The molecule has 6 nitrogen and oxygen atoms in total. The Kier molecular flexibility index (Phi) is 43.1. The van der Waals surface area contributed by atoms with Gasteiger partial charge in [-0.05, 0) is 25.7 Å². The largest absolute Gasteiger partial charge is 0.462 e. The van der Waals surface area contributed by atoms with Gasteiger partial charge in [0.1, 0.15) is 6.10 Å². The van der Waals surface area contributed by atoms with Crippen molar-refractivity contribution in [2.45, 2.75) is 296 Å². The third-order valence-corrected chi connectivity index (χ3v) is 11.7. The molecule has 0 heterocycles. The van der Waals surface area contributed by atoms with Gasteiger partial charge in [-0.1, -0.05) is 239 Å². The fraction of sp³-hybridized carbons (Fsp3) is 0.959. The molecule has 3 unspecified atom stereocenters. The van der Waals surface area contributed by atoms with Crippen LogP contribution in [0.1, 0.15) is 278 Å². The van der Waals surface area contributed by atoms with E-state index in [-0.39, 0.29) is 24.9 Å². The summed E-state index contributed by atoms with van der Waals surface area (Å²) in [5.41, 5.74) is 0. The molecule has 3 N–H and O–H groups in total. The number of ether oxygens (including phenoxy) is 1. The number of carbonyl (C=O) groups excluding carboxylic acids is 2. The van der Waals surface area contributed by atoms with Gasteiger partial charge in [0.25, 0.3) is 0 Å². The SMILES string of the molecule is CCCCCCCCCCCCCCCCCC(=O)OC(CCCCCCCCCCCCCC)CC(=O)NC(CO)C(O)CCCCCCCCCCC. The lowest BCUT2D eigenvalue weighted by Crippen LogP contribution is -2.46. The summed E-state index contributed by atoms with van der Waals surface area (Å²) >= 11 is 0. The molecule has 0 aromatic heterocycles. The first-order valence-electron chi connectivity index (χ1n) is 24.8. The number of aliphatic hydroxyl groups is 2. The van der Waals surface area contributed by atoms with Crippen LogP contribution in [0.25, 0.3) is 0 Å². The predicted molar refractivity (Wildman–Crippen MR) is 237 cm³/mol. The summed E-state index contributed by atoms with van der Waals surface area (Å²) in [6.07, 6.45) is 45.9. The summed E-state index contributed by atoms with van der Waals surface area (Å²) in [5.74, 6) is -0.454. The second-order valence-corrected chi connectivity index (χ2v) is 17.2. The normalized spacial score (nSPS) is 13.2. The Labute approximate surface area is 343 Å². The molecule has 3 atom stereocenters. The van der Waals surface area contributed by atoms with Crippen molar-refractivity contribution >= 4 is 11.9 Å². The van der Waals surface area contributed by atoms with Gasteiger partial charge >= 0.3 is 5.97 Å². The topological polar surface area (TPSA) is 95.9 Å². The zero-order valence-electron chi connectivity index (χ0n) is 37.3. The fourth-order valence-corrected chi connectivity index (χ4v) is 7.90. The Balaban J connectivity index is 4.50. The lowest BCUT2D eigenvalue weighted by molar-refractivity contribution is -0.151. The first-order valence-corrected chi connectivity index (χ1v) is 24.8. The van der Waals surface area contributed by atoms with Crippen LogP contribution in [0.5, 0.6) is 0 Å². The maximum absolute atomic E-state index is 13.1. The maximum Gasteiger partial charge on any atom is 0.306 e. The number of rotatable bonds is 45. The molecule has 0 fully saturated rings. The summed E-state index contributed by atoms with van der Waals surface area (Å²) in [7, 11) is 0. The highest BCUT2D eigenvalue weighted by Crippen LogP contribution is 2.18. The van der Waals surface area contributed by atoms with E-state index in [1.54, 1.807) is 0 Å². The number of unbranched alkanes of at least 4 members (excludes halogenated alkanes) is 33. The van der Waals surface area contributed by atoms with Gasteiger partial charge in [-0.2, -0.15) is 0 Å². The molecular weight excluding hydrogens is 683 g/mol. The van der Waals surface area contributed by atoms with Gasteiger partial charge in [0.15, 0.2) is 0 Å². The third-order valence-electron chi connectivity index (χ3n) is 11.7. The number of esters is 1. The Bertz CT molecular complexity index is 791. The van der Waals surface area contributed by atoms with Crippen LogP contribution in [-0.4, -0.2) is 46.9 Å². The van der Waals surface area contributed by atoms with Crippen LogP contribution in [0.15, 0.2) is 0 Å². The van der Waals surface area contributed by atoms with E-state index < -0.39 is 18.2 Å². The summed E-state index contributed by atoms with van der Waals surface area (Å²) in [6.45, 7) is 6.48. The second kappa shape index (κ2) is 44.0. The average molecular weight is 780 g/mol. The number of hydrogen-bond donors (Lipinski definition) is 3. The van der Waals surface area contributed by atoms with Gasteiger partial charge in [-0.15, -0.1) is 0 Å². The number of aliphatic hydroxyl groups excluding tert-OH is 2. The van der Waals surface area contributed by atoms with E-state index >= 15 is 0 Å². The molecule has 0 aliphatic rings. The molecule has 0 aliphatic heterocycles. The first-order chi connectivity index (χ1) is 27.0. The summed E-state index contributed by atoms with van der Waals surface area (Å²) in [4.78, 5) is 26.0. The van der Waals surface area contributed by atoms with Crippen molar-refractivity contribution in [3.8, 4) is 0 Å². The number of nitrogens with one attached hydrogen (secondary N) is 1. The van der Waals surface area contributed by atoms with E-state index in [4.69, 9.17) is 4.74 Å². The standard InChI is InChI=1S/C49H97NO5/c1-4-7-10-13-16-19-21-23-24-25-27-30-33-36-39-42-49(54)55-45(40-37-34-31-29-26-22-20-17-14-11-8-5-2)43-48(53)50-46(44-51)47(52)41-38-35-32-28-18-15-12-9-6-3/h45-47,51-52H,4-44H2,1-3H3,(H,50,53). The predicted octanol–water partition coefficient (Wildman–Crippen LogP) is 14.4.